The first-order valence-electron chi connectivity index (χ1n) is 14.2. The molecule has 0 aliphatic heterocycles. The zero-order valence-electron chi connectivity index (χ0n) is 26.7. The van der Waals surface area contributed by atoms with Crippen LogP contribution in [0.2, 0.25) is 36.3 Å². The number of unbranched alkanes of at least 4 members (excludes halogenated alkanes) is 6. The second kappa shape index (κ2) is 22.1. The zero-order valence-corrected chi connectivity index (χ0v) is 30.7. The minimum Gasteiger partial charge on any atom is -0.420 e. The van der Waals surface area contributed by atoms with E-state index in [1.54, 1.807) is 64.0 Å². The Hall–Kier alpha value is 0.468. The van der Waals surface area contributed by atoms with E-state index in [1.807, 2.05) is 7.11 Å². The first-order chi connectivity index (χ1) is 18.7. The molecule has 10 nitrogen and oxygen atoms in total. The van der Waals surface area contributed by atoms with Crippen LogP contribution in [0.25, 0.3) is 0 Å². The fourth-order valence-electron chi connectivity index (χ4n) is 5.25. The summed E-state index contributed by atoms with van der Waals surface area (Å²) < 4.78 is 56.7. The third-order valence-electron chi connectivity index (χ3n) is 8.08. The largest absolute Gasteiger partial charge is 0.500 e. The van der Waals surface area contributed by atoms with Gasteiger partial charge >= 0.3 is 26.4 Å². The van der Waals surface area contributed by atoms with Crippen molar-refractivity contribution in [2.24, 2.45) is 0 Å². The quantitative estimate of drug-likeness (QED) is 0.0787. The van der Waals surface area contributed by atoms with E-state index < -0.39 is 34.7 Å². The van der Waals surface area contributed by atoms with Gasteiger partial charge in [0, 0.05) is 89.2 Å². The standard InChI is InChI=1S/C25H60O10Si4/c1-26-36(20-14-11-17-23-37(27-2,28-3)29-4,21-15-12-18-24-38(30-5,31-6)32-7)22-16-13-19-25-39(33-8,34-9)35-10/h11-25H2,1-10H3. The maximum Gasteiger partial charge on any atom is 0.500 e. The van der Waals surface area contributed by atoms with Gasteiger partial charge in [0.15, 0.2) is 8.32 Å². The Bertz CT molecular complexity index is 480. The van der Waals surface area contributed by atoms with E-state index in [9.17, 15) is 0 Å². The zero-order chi connectivity index (χ0) is 29.7. The van der Waals surface area contributed by atoms with Crippen LogP contribution in [-0.4, -0.2) is 106 Å². The molecule has 0 heterocycles. The lowest BCUT2D eigenvalue weighted by atomic mass is 10.3. The topological polar surface area (TPSA) is 92.3 Å². The molecule has 0 aliphatic carbocycles. The van der Waals surface area contributed by atoms with Crippen molar-refractivity contribution in [1.82, 2.24) is 0 Å². The summed E-state index contributed by atoms with van der Waals surface area (Å²) in [5.74, 6) is 0. The maximum absolute atomic E-state index is 6.41. The number of hydrogen-bond donors (Lipinski definition) is 0. The van der Waals surface area contributed by atoms with Gasteiger partial charge in [-0.05, 0) is 37.4 Å². The Morgan fingerprint density at radius 2 is 0.462 bits per heavy atom. The Balaban J connectivity index is 4.98. The molecule has 0 aromatic heterocycles. The summed E-state index contributed by atoms with van der Waals surface area (Å²) in [5.41, 5.74) is 0. The van der Waals surface area contributed by atoms with E-state index in [0.29, 0.717) is 0 Å². The Morgan fingerprint density at radius 1 is 0.256 bits per heavy atom. The molecule has 0 unspecified atom stereocenters. The highest BCUT2D eigenvalue weighted by molar-refractivity contribution is 6.73. The number of hydrogen-bond acceptors (Lipinski definition) is 10. The van der Waals surface area contributed by atoms with Crippen LogP contribution in [0.5, 0.6) is 0 Å². The monoisotopic (exact) mass is 632 g/mol. The molecule has 0 amide bonds. The van der Waals surface area contributed by atoms with Gasteiger partial charge in [-0.2, -0.15) is 0 Å². The van der Waals surface area contributed by atoms with Crippen molar-refractivity contribution in [2.45, 2.75) is 94.1 Å². The summed E-state index contributed by atoms with van der Waals surface area (Å²) in [5, 5.41) is 0. The first-order valence-corrected chi connectivity index (χ1v) is 22.6. The van der Waals surface area contributed by atoms with Crippen molar-refractivity contribution >= 4 is 34.7 Å². The third-order valence-corrected chi connectivity index (χ3v) is 21.2. The van der Waals surface area contributed by atoms with Crippen molar-refractivity contribution in [3.8, 4) is 0 Å². The molecular weight excluding hydrogens is 573 g/mol. The predicted octanol–water partition coefficient (Wildman–Crippen LogP) is 5.72. The van der Waals surface area contributed by atoms with Gasteiger partial charge in [-0.15, -0.1) is 0 Å². The molecule has 0 aliphatic rings. The van der Waals surface area contributed by atoms with E-state index in [0.717, 1.165) is 75.9 Å². The highest BCUT2D eigenvalue weighted by atomic mass is 28.4. The lowest BCUT2D eigenvalue weighted by molar-refractivity contribution is 0.122. The summed E-state index contributed by atoms with van der Waals surface area (Å²) >= 11 is 0. The van der Waals surface area contributed by atoms with Crippen LogP contribution in [0.4, 0.5) is 0 Å². The van der Waals surface area contributed by atoms with Crippen LogP contribution < -0.4 is 0 Å². The van der Waals surface area contributed by atoms with E-state index in [4.69, 9.17) is 44.3 Å². The smallest absolute Gasteiger partial charge is 0.420 e. The second-order valence-electron chi connectivity index (χ2n) is 9.96. The van der Waals surface area contributed by atoms with Crippen molar-refractivity contribution < 1.29 is 44.3 Å². The van der Waals surface area contributed by atoms with Crippen molar-refractivity contribution in [2.75, 3.05) is 71.1 Å². The predicted molar refractivity (Wildman–Crippen MR) is 164 cm³/mol. The summed E-state index contributed by atoms with van der Waals surface area (Å²) in [4.78, 5) is 0. The van der Waals surface area contributed by atoms with E-state index in [1.165, 1.54) is 18.1 Å². The summed E-state index contributed by atoms with van der Waals surface area (Å²) in [6, 6.07) is 6.03. The number of rotatable bonds is 28. The molecule has 0 bridgehead atoms. The van der Waals surface area contributed by atoms with Gasteiger partial charge < -0.3 is 44.3 Å². The molecular formula is C25H60O10Si4. The highest BCUT2D eigenvalue weighted by Gasteiger charge is 2.39. The van der Waals surface area contributed by atoms with Crippen molar-refractivity contribution in [3.05, 3.63) is 0 Å². The van der Waals surface area contributed by atoms with Gasteiger partial charge in [-0.25, -0.2) is 0 Å². The van der Waals surface area contributed by atoms with Crippen LogP contribution in [0.1, 0.15) is 57.8 Å². The van der Waals surface area contributed by atoms with Crippen molar-refractivity contribution in [3.63, 3.8) is 0 Å². The van der Waals surface area contributed by atoms with E-state index in [-0.39, 0.29) is 0 Å². The third kappa shape index (κ3) is 14.0. The van der Waals surface area contributed by atoms with Crippen molar-refractivity contribution in [1.29, 1.82) is 0 Å². The van der Waals surface area contributed by atoms with Crippen LogP contribution in [0.15, 0.2) is 0 Å². The molecule has 0 rings (SSSR count). The van der Waals surface area contributed by atoms with Gasteiger partial charge in [0.25, 0.3) is 0 Å². The summed E-state index contributed by atoms with van der Waals surface area (Å²) in [7, 11) is 7.65. The molecule has 39 heavy (non-hydrogen) atoms. The molecule has 14 heteroatoms. The molecule has 0 N–H and O–H groups in total. The average Bonchev–Trinajstić information content (AvgIpc) is 2.99. The van der Waals surface area contributed by atoms with E-state index in [2.05, 4.69) is 0 Å². The lowest BCUT2D eigenvalue weighted by Gasteiger charge is -2.31. The second-order valence-corrected chi connectivity index (χ2v) is 23.5. The van der Waals surface area contributed by atoms with Gasteiger partial charge in [0.2, 0.25) is 0 Å². The molecule has 0 aromatic rings. The van der Waals surface area contributed by atoms with Gasteiger partial charge in [-0.3, -0.25) is 0 Å². The van der Waals surface area contributed by atoms with Crippen LogP contribution in [0.3, 0.4) is 0 Å². The fourth-order valence-corrected chi connectivity index (χ4v) is 14.7. The first kappa shape index (κ1) is 39.5. The Kier molecular flexibility index (Phi) is 22.3. The van der Waals surface area contributed by atoms with Gasteiger partial charge in [0.1, 0.15) is 0 Å². The highest BCUT2D eigenvalue weighted by Crippen LogP contribution is 2.31. The average molecular weight is 633 g/mol. The van der Waals surface area contributed by atoms with Crippen LogP contribution >= 0.6 is 0 Å². The summed E-state index contributed by atoms with van der Waals surface area (Å²) in [6.07, 6.45) is 9.93. The minimum absolute atomic E-state index is 0.840. The summed E-state index contributed by atoms with van der Waals surface area (Å²) in [6.45, 7) is 0. The van der Waals surface area contributed by atoms with Gasteiger partial charge in [0.05, 0.1) is 0 Å². The molecule has 0 atom stereocenters. The van der Waals surface area contributed by atoms with Crippen LogP contribution in [-0.2, 0) is 44.3 Å². The maximum atomic E-state index is 6.41. The molecule has 0 aromatic carbocycles. The van der Waals surface area contributed by atoms with E-state index >= 15 is 0 Å². The van der Waals surface area contributed by atoms with Gasteiger partial charge in [-0.1, -0.05) is 38.5 Å². The SMILES string of the molecule is CO[Si](CCCCC[Si](OC)(OC)OC)(CCCCC[Si](OC)(OC)OC)CCCCC[Si](OC)(OC)OC. The Labute approximate surface area is 243 Å². The normalized spacial score (nSPS) is 13.4. The minimum atomic E-state index is -2.51. The molecule has 0 saturated carbocycles. The Morgan fingerprint density at radius 3 is 0.641 bits per heavy atom. The molecule has 0 radical (unpaired) electrons. The molecule has 0 fully saturated rings. The molecule has 236 valence electrons. The molecule has 0 spiro atoms. The fraction of sp³-hybridized carbons (Fsp3) is 1.00. The lowest BCUT2D eigenvalue weighted by Crippen LogP contribution is -2.42. The van der Waals surface area contributed by atoms with Crippen LogP contribution in [0, 0.1) is 0 Å². The molecule has 0 saturated heterocycles.